The number of rotatable bonds is 6. The van der Waals surface area contributed by atoms with Crippen LogP contribution in [-0.4, -0.2) is 39.3 Å². The summed E-state index contributed by atoms with van der Waals surface area (Å²) in [5, 5.41) is 28.0. The maximum atomic E-state index is 11.6. The highest BCUT2D eigenvalue weighted by Gasteiger charge is 2.45. The first-order chi connectivity index (χ1) is 14.5. The van der Waals surface area contributed by atoms with Crippen molar-refractivity contribution in [3.63, 3.8) is 0 Å². The summed E-state index contributed by atoms with van der Waals surface area (Å²) in [7, 11) is 0. The van der Waals surface area contributed by atoms with E-state index in [-0.39, 0.29) is 23.9 Å². The minimum absolute atomic E-state index is 0.0174. The number of aliphatic carboxylic acids is 2. The molecule has 0 saturated heterocycles. The van der Waals surface area contributed by atoms with Crippen molar-refractivity contribution in [2.24, 2.45) is 5.41 Å². The summed E-state index contributed by atoms with van der Waals surface area (Å²) in [5.41, 5.74) is 0.0351. The molecule has 0 bridgehead atoms. The zero-order valence-electron chi connectivity index (χ0n) is 17.8. The summed E-state index contributed by atoms with van der Waals surface area (Å²) in [6.07, 6.45) is 1.84. The van der Waals surface area contributed by atoms with Crippen molar-refractivity contribution in [2.45, 2.75) is 46.6 Å². The van der Waals surface area contributed by atoms with E-state index in [1.165, 1.54) is 19.1 Å². The van der Waals surface area contributed by atoms with E-state index in [4.69, 9.17) is 19.4 Å². The molecule has 0 amide bonds. The number of para-hydroxylation sites is 1. The number of carboxylic acids is 3. The van der Waals surface area contributed by atoms with Crippen LogP contribution in [0.4, 0.5) is 0 Å². The highest BCUT2D eigenvalue weighted by molar-refractivity contribution is 5.91. The average molecular weight is 430 g/mol. The van der Waals surface area contributed by atoms with Crippen LogP contribution in [0.25, 0.3) is 11.0 Å². The van der Waals surface area contributed by atoms with Crippen LogP contribution >= 0.6 is 0 Å². The van der Waals surface area contributed by atoms with Gasteiger partial charge in [-0.3, -0.25) is 4.79 Å². The predicted octanol–water partition coefficient (Wildman–Crippen LogP) is 4.71. The minimum atomic E-state index is -1.32. The normalized spacial score (nSPS) is 18.3. The minimum Gasteiger partial charge on any atom is -0.494 e. The molecule has 1 aliphatic carbocycles. The van der Waals surface area contributed by atoms with Crippen molar-refractivity contribution in [1.29, 1.82) is 0 Å². The summed E-state index contributed by atoms with van der Waals surface area (Å²) in [4.78, 5) is 33.2. The van der Waals surface area contributed by atoms with Crippen LogP contribution < -0.4 is 0 Å². The zero-order valence-corrected chi connectivity index (χ0v) is 17.8. The fourth-order valence-electron chi connectivity index (χ4n) is 3.24. The van der Waals surface area contributed by atoms with E-state index in [0.717, 1.165) is 5.39 Å². The Morgan fingerprint density at radius 2 is 1.77 bits per heavy atom. The van der Waals surface area contributed by atoms with Crippen LogP contribution in [0.5, 0.6) is 0 Å². The standard InChI is InChI=1S/C14H20O5.C9H6O3/c1-5-9-6-10(12(15)16)7-14(4,13(17)18)11(9)19-8(2)3;10-9(11)8-5-6-3-1-2-4-7(6)12-8/h6,8H,5,7H2,1-4H3,(H,15,16)(H,17,18);1-5H,(H,10,11). The van der Waals surface area contributed by atoms with Gasteiger partial charge in [-0.05, 0) is 51.0 Å². The Kier molecular flexibility index (Phi) is 7.28. The first-order valence-electron chi connectivity index (χ1n) is 9.79. The number of hydrogen-bond donors (Lipinski definition) is 3. The molecule has 1 aliphatic rings. The average Bonchev–Trinajstić information content (AvgIpc) is 3.14. The Bertz CT molecular complexity index is 1020. The van der Waals surface area contributed by atoms with Gasteiger partial charge >= 0.3 is 17.9 Å². The molecule has 0 fully saturated rings. The van der Waals surface area contributed by atoms with Gasteiger partial charge in [-0.15, -0.1) is 0 Å². The Labute approximate surface area is 179 Å². The first-order valence-corrected chi connectivity index (χ1v) is 9.79. The van der Waals surface area contributed by atoms with Gasteiger partial charge in [0.25, 0.3) is 0 Å². The molecule has 1 heterocycles. The molecule has 0 radical (unpaired) electrons. The third-order valence-electron chi connectivity index (χ3n) is 4.80. The largest absolute Gasteiger partial charge is 0.494 e. The molecule has 8 heteroatoms. The molecule has 1 aromatic carbocycles. The van der Waals surface area contributed by atoms with E-state index in [9.17, 15) is 19.5 Å². The van der Waals surface area contributed by atoms with Gasteiger partial charge in [0.2, 0.25) is 5.76 Å². The van der Waals surface area contributed by atoms with Gasteiger partial charge in [-0.2, -0.15) is 0 Å². The van der Waals surface area contributed by atoms with Crippen LogP contribution in [0.1, 0.15) is 51.1 Å². The SMILES string of the molecule is CCC1=C(OC(C)C)C(C)(C(=O)O)CC(C(=O)O)=C1.O=C(O)c1cc2ccccc2o1. The maximum absolute atomic E-state index is 11.6. The number of furan rings is 1. The van der Waals surface area contributed by atoms with Crippen molar-refractivity contribution >= 4 is 28.9 Å². The number of aromatic carboxylic acids is 1. The van der Waals surface area contributed by atoms with E-state index in [1.807, 2.05) is 32.9 Å². The van der Waals surface area contributed by atoms with Gasteiger partial charge in [0.15, 0.2) is 0 Å². The van der Waals surface area contributed by atoms with Gasteiger partial charge in [0, 0.05) is 17.4 Å². The first kappa shape index (κ1) is 23.7. The highest BCUT2D eigenvalue weighted by Crippen LogP contribution is 2.42. The molecule has 3 rings (SSSR count). The van der Waals surface area contributed by atoms with Crippen molar-refractivity contribution in [3.05, 3.63) is 59.1 Å². The van der Waals surface area contributed by atoms with Crippen molar-refractivity contribution in [3.8, 4) is 0 Å². The molecule has 8 nitrogen and oxygen atoms in total. The molecule has 1 atom stereocenters. The molecule has 0 aliphatic heterocycles. The smallest absolute Gasteiger partial charge is 0.371 e. The summed E-state index contributed by atoms with van der Waals surface area (Å²) >= 11 is 0. The molecule has 31 heavy (non-hydrogen) atoms. The number of fused-ring (bicyclic) bond motifs is 1. The molecule has 3 N–H and O–H groups in total. The van der Waals surface area contributed by atoms with Crippen LogP contribution in [0.3, 0.4) is 0 Å². The Morgan fingerprint density at radius 3 is 2.26 bits per heavy atom. The van der Waals surface area contributed by atoms with Crippen molar-refractivity contribution < 1.29 is 38.9 Å². The lowest BCUT2D eigenvalue weighted by molar-refractivity contribution is -0.148. The monoisotopic (exact) mass is 430 g/mol. The van der Waals surface area contributed by atoms with E-state index >= 15 is 0 Å². The predicted molar refractivity (Wildman–Crippen MR) is 113 cm³/mol. The third kappa shape index (κ3) is 5.33. The summed E-state index contributed by atoms with van der Waals surface area (Å²) in [5.74, 6) is -2.83. The van der Waals surface area contributed by atoms with Gasteiger partial charge in [-0.1, -0.05) is 25.1 Å². The van der Waals surface area contributed by atoms with E-state index < -0.39 is 23.3 Å². The van der Waals surface area contributed by atoms with Crippen LogP contribution in [0.2, 0.25) is 0 Å². The quantitative estimate of drug-likeness (QED) is 0.600. The molecule has 0 saturated carbocycles. The summed E-state index contributed by atoms with van der Waals surface area (Å²) in [6.45, 7) is 7.00. The molecular weight excluding hydrogens is 404 g/mol. The molecule has 2 aromatic rings. The van der Waals surface area contributed by atoms with Crippen LogP contribution in [0, 0.1) is 5.41 Å². The molecular formula is C23H26O8. The van der Waals surface area contributed by atoms with Gasteiger partial charge in [-0.25, -0.2) is 9.59 Å². The zero-order chi connectivity index (χ0) is 23.3. The number of allylic oxidation sites excluding steroid dienone is 2. The van der Waals surface area contributed by atoms with Gasteiger partial charge < -0.3 is 24.5 Å². The van der Waals surface area contributed by atoms with E-state index in [2.05, 4.69) is 0 Å². The molecule has 1 unspecified atom stereocenters. The van der Waals surface area contributed by atoms with Crippen molar-refractivity contribution in [1.82, 2.24) is 0 Å². The Balaban J connectivity index is 0.000000242. The van der Waals surface area contributed by atoms with Gasteiger partial charge in [0.1, 0.15) is 16.8 Å². The highest BCUT2D eigenvalue weighted by atomic mass is 16.5. The fraction of sp³-hybridized carbons (Fsp3) is 0.348. The third-order valence-corrected chi connectivity index (χ3v) is 4.80. The van der Waals surface area contributed by atoms with Crippen molar-refractivity contribution in [2.75, 3.05) is 0 Å². The fourth-order valence-corrected chi connectivity index (χ4v) is 3.24. The second-order valence-electron chi connectivity index (χ2n) is 7.62. The number of hydrogen-bond acceptors (Lipinski definition) is 5. The second-order valence-corrected chi connectivity index (χ2v) is 7.62. The number of benzene rings is 1. The lowest BCUT2D eigenvalue weighted by atomic mass is 9.75. The topological polar surface area (TPSA) is 134 Å². The summed E-state index contributed by atoms with van der Waals surface area (Å²) < 4.78 is 10.7. The Morgan fingerprint density at radius 1 is 1.13 bits per heavy atom. The molecule has 0 spiro atoms. The summed E-state index contributed by atoms with van der Waals surface area (Å²) in [6, 6.07) is 8.70. The lowest BCUT2D eigenvalue weighted by Gasteiger charge is -2.34. The number of carboxylic acid groups (broad SMARTS) is 3. The van der Waals surface area contributed by atoms with Crippen LogP contribution in [-0.2, 0) is 14.3 Å². The molecule has 1 aromatic heterocycles. The second kappa shape index (κ2) is 9.51. The maximum Gasteiger partial charge on any atom is 0.371 e. The van der Waals surface area contributed by atoms with E-state index in [0.29, 0.717) is 23.3 Å². The Hall–Kier alpha value is -3.55. The molecule has 166 valence electrons. The lowest BCUT2D eigenvalue weighted by Crippen LogP contribution is -2.36. The number of carbonyl (C=O) groups is 3. The van der Waals surface area contributed by atoms with Crippen LogP contribution in [0.15, 0.2) is 57.7 Å². The van der Waals surface area contributed by atoms with Gasteiger partial charge in [0.05, 0.1) is 6.10 Å². The van der Waals surface area contributed by atoms with E-state index in [1.54, 1.807) is 12.1 Å². The number of ether oxygens (including phenoxy) is 1.